The highest BCUT2D eigenvalue weighted by molar-refractivity contribution is 9.10. The van der Waals surface area contributed by atoms with Crippen LogP contribution in [0.2, 0.25) is 0 Å². The van der Waals surface area contributed by atoms with Crippen molar-refractivity contribution in [3.63, 3.8) is 0 Å². The zero-order valence-corrected chi connectivity index (χ0v) is 13.6. The molecule has 1 heterocycles. The summed E-state index contributed by atoms with van der Waals surface area (Å²) in [5, 5.41) is 0. The van der Waals surface area contributed by atoms with Crippen molar-refractivity contribution in [2.45, 2.75) is 50.9 Å². The zero-order valence-electron chi connectivity index (χ0n) is 12.1. The quantitative estimate of drug-likeness (QED) is 0.855. The molecule has 1 aromatic carbocycles. The topological polar surface area (TPSA) is 44.5 Å². The van der Waals surface area contributed by atoms with Crippen molar-refractivity contribution >= 4 is 15.9 Å². The van der Waals surface area contributed by atoms with E-state index in [2.05, 4.69) is 35.0 Å². The second-order valence-corrected chi connectivity index (χ2v) is 6.28. The lowest BCUT2D eigenvalue weighted by Gasteiger charge is -2.28. The van der Waals surface area contributed by atoms with Crippen LogP contribution in [0.5, 0.6) is 0 Å². The predicted octanol–water partition coefficient (Wildman–Crippen LogP) is 3.81. The Morgan fingerprint density at radius 1 is 1.35 bits per heavy atom. The van der Waals surface area contributed by atoms with E-state index in [9.17, 15) is 0 Å². The number of benzene rings is 1. The second-order valence-electron chi connectivity index (χ2n) is 5.37. The molecular weight excluding hydrogens is 318 g/mol. The fourth-order valence-electron chi connectivity index (χ4n) is 2.48. The van der Waals surface area contributed by atoms with Crippen molar-refractivity contribution in [1.82, 2.24) is 0 Å². The summed E-state index contributed by atoms with van der Waals surface area (Å²) in [7, 11) is 0. The number of hydrogen-bond donors (Lipinski definition) is 1. The SMILES string of the molecule is CCC(N)C(OCC1CCCCO1)c1ccc(Br)cc1. The molecule has 0 aromatic heterocycles. The molecule has 0 bridgehead atoms. The summed E-state index contributed by atoms with van der Waals surface area (Å²) >= 11 is 3.46. The Morgan fingerprint density at radius 2 is 2.10 bits per heavy atom. The van der Waals surface area contributed by atoms with E-state index in [1.807, 2.05) is 12.1 Å². The molecule has 0 spiro atoms. The van der Waals surface area contributed by atoms with Crippen LogP contribution in [0.1, 0.15) is 44.3 Å². The predicted molar refractivity (Wildman–Crippen MR) is 84.7 cm³/mol. The van der Waals surface area contributed by atoms with E-state index in [0.29, 0.717) is 6.61 Å². The molecule has 0 amide bonds. The van der Waals surface area contributed by atoms with Crippen molar-refractivity contribution in [3.8, 4) is 0 Å². The van der Waals surface area contributed by atoms with Gasteiger partial charge in [0, 0.05) is 17.1 Å². The molecule has 3 nitrogen and oxygen atoms in total. The third-order valence-corrected chi connectivity index (χ3v) is 4.32. The molecule has 3 unspecified atom stereocenters. The van der Waals surface area contributed by atoms with E-state index < -0.39 is 0 Å². The van der Waals surface area contributed by atoms with Gasteiger partial charge in [0.2, 0.25) is 0 Å². The molecular formula is C16H24BrNO2. The van der Waals surface area contributed by atoms with Crippen molar-refractivity contribution in [2.75, 3.05) is 13.2 Å². The van der Waals surface area contributed by atoms with Gasteiger partial charge in [0.15, 0.2) is 0 Å². The Bertz CT molecular complexity index is 390. The number of halogens is 1. The molecule has 1 aliphatic heterocycles. The molecule has 1 aromatic rings. The molecule has 20 heavy (non-hydrogen) atoms. The first-order valence-corrected chi connectivity index (χ1v) is 8.24. The molecule has 0 aliphatic carbocycles. The van der Waals surface area contributed by atoms with Crippen molar-refractivity contribution in [3.05, 3.63) is 34.3 Å². The van der Waals surface area contributed by atoms with E-state index in [0.717, 1.165) is 29.5 Å². The smallest absolute Gasteiger partial charge is 0.0976 e. The number of hydrogen-bond acceptors (Lipinski definition) is 3. The van der Waals surface area contributed by atoms with Gasteiger partial charge in [-0.15, -0.1) is 0 Å². The minimum atomic E-state index is -0.0568. The van der Waals surface area contributed by atoms with Crippen LogP contribution in [0.3, 0.4) is 0 Å². The van der Waals surface area contributed by atoms with Crippen molar-refractivity contribution < 1.29 is 9.47 Å². The standard InChI is InChI=1S/C16H24BrNO2/c1-2-15(18)16(12-6-8-13(17)9-7-12)20-11-14-5-3-4-10-19-14/h6-9,14-16H,2-5,10-11,18H2,1H3. The second kappa shape index (κ2) is 8.13. The Hall–Kier alpha value is -0.420. The van der Waals surface area contributed by atoms with E-state index in [1.54, 1.807) is 0 Å². The molecule has 112 valence electrons. The van der Waals surface area contributed by atoms with Gasteiger partial charge in [0.05, 0.1) is 18.8 Å². The minimum Gasteiger partial charge on any atom is -0.376 e. The van der Waals surface area contributed by atoms with E-state index >= 15 is 0 Å². The Balaban J connectivity index is 1.97. The number of ether oxygens (including phenoxy) is 2. The van der Waals surface area contributed by atoms with Gasteiger partial charge in [-0.1, -0.05) is 35.0 Å². The van der Waals surface area contributed by atoms with Crippen LogP contribution in [-0.2, 0) is 9.47 Å². The monoisotopic (exact) mass is 341 g/mol. The van der Waals surface area contributed by atoms with E-state index in [1.165, 1.54) is 12.8 Å². The summed E-state index contributed by atoms with van der Waals surface area (Å²) in [6, 6.07) is 8.23. The van der Waals surface area contributed by atoms with Crippen molar-refractivity contribution in [2.24, 2.45) is 5.73 Å². The van der Waals surface area contributed by atoms with Gasteiger partial charge in [0.1, 0.15) is 0 Å². The molecule has 1 saturated heterocycles. The van der Waals surface area contributed by atoms with Gasteiger partial charge in [-0.05, 0) is 43.4 Å². The van der Waals surface area contributed by atoms with Crippen LogP contribution in [0.15, 0.2) is 28.7 Å². The van der Waals surface area contributed by atoms with E-state index in [4.69, 9.17) is 15.2 Å². The highest BCUT2D eigenvalue weighted by atomic mass is 79.9. The molecule has 3 atom stereocenters. The summed E-state index contributed by atoms with van der Waals surface area (Å²) in [5.41, 5.74) is 7.36. The van der Waals surface area contributed by atoms with Gasteiger partial charge in [-0.25, -0.2) is 0 Å². The lowest BCUT2D eigenvalue weighted by Crippen LogP contribution is -2.33. The largest absolute Gasteiger partial charge is 0.376 e. The van der Waals surface area contributed by atoms with Crippen LogP contribution < -0.4 is 5.73 Å². The Kier molecular flexibility index (Phi) is 6.49. The van der Waals surface area contributed by atoms with Crippen LogP contribution >= 0.6 is 15.9 Å². The Morgan fingerprint density at radius 3 is 2.70 bits per heavy atom. The van der Waals surface area contributed by atoms with Crippen LogP contribution in [0, 0.1) is 0 Å². The highest BCUT2D eigenvalue weighted by Gasteiger charge is 2.22. The third kappa shape index (κ3) is 4.55. The van der Waals surface area contributed by atoms with Gasteiger partial charge < -0.3 is 15.2 Å². The maximum Gasteiger partial charge on any atom is 0.0976 e. The van der Waals surface area contributed by atoms with Crippen LogP contribution in [0.4, 0.5) is 0 Å². The Labute approximate surface area is 130 Å². The van der Waals surface area contributed by atoms with Crippen LogP contribution in [-0.4, -0.2) is 25.4 Å². The molecule has 1 fully saturated rings. The lowest BCUT2D eigenvalue weighted by atomic mass is 10.0. The summed E-state index contributed by atoms with van der Waals surface area (Å²) in [6.45, 7) is 3.59. The number of rotatable bonds is 6. The molecule has 1 aliphatic rings. The average molecular weight is 342 g/mol. The van der Waals surface area contributed by atoms with Gasteiger partial charge >= 0.3 is 0 Å². The average Bonchev–Trinajstić information content (AvgIpc) is 2.50. The molecule has 0 saturated carbocycles. The normalized spacial score (nSPS) is 22.4. The van der Waals surface area contributed by atoms with Gasteiger partial charge in [-0.2, -0.15) is 0 Å². The maximum atomic E-state index is 6.23. The summed E-state index contributed by atoms with van der Waals surface area (Å²) in [5.74, 6) is 0. The number of nitrogens with two attached hydrogens (primary N) is 1. The molecule has 2 rings (SSSR count). The fraction of sp³-hybridized carbons (Fsp3) is 0.625. The van der Waals surface area contributed by atoms with E-state index in [-0.39, 0.29) is 18.2 Å². The fourth-order valence-corrected chi connectivity index (χ4v) is 2.75. The van der Waals surface area contributed by atoms with Gasteiger partial charge in [-0.3, -0.25) is 0 Å². The first-order valence-electron chi connectivity index (χ1n) is 7.45. The first-order chi connectivity index (χ1) is 9.70. The van der Waals surface area contributed by atoms with Crippen LogP contribution in [0.25, 0.3) is 0 Å². The highest BCUT2D eigenvalue weighted by Crippen LogP contribution is 2.25. The lowest BCUT2D eigenvalue weighted by molar-refractivity contribution is -0.0695. The summed E-state index contributed by atoms with van der Waals surface area (Å²) < 4.78 is 12.9. The first kappa shape index (κ1) is 16.0. The molecule has 0 radical (unpaired) electrons. The summed E-state index contributed by atoms with van der Waals surface area (Å²) in [6.07, 6.45) is 4.56. The molecule has 2 N–H and O–H groups in total. The third-order valence-electron chi connectivity index (χ3n) is 3.79. The maximum absolute atomic E-state index is 6.23. The summed E-state index contributed by atoms with van der Waals surface area (Å²) in [4.78, 5) is 0. The van der Waals surface area contributed by atoms with Crippen molar-refractivity contribution in [1.29, 1.82) is 0 Å². The zero-order chi connectivity index (χ0) is 14.4. The van der Waals surface area contributed by atoms with Gasteiger partial charge in [0.25, 0.3) is 0 Å². The minimum absolute atomic E-state index is 0.0137. The molecule has 4 heteroatoms.